The molecule has 1 aromatic heterocycles. The Morgan fingerprint density at radius 2 is 1.77 bits per heavy atom. The third-order valence-electron chi connectivity index (χ3n) is 3.25. The lowest BCUT2D eigenvalue weighted by Crippen LogP contribution is -2.27. The minimum Gasteiger partial charge on any atom is -0.497 e. The minimum atomic E-state index is -5.95. The summed E-state index contributed by atoms with van der Waals surface area (Å²) in [5.74, 6) is -1.35. The summed E-state index contributed by atoms with van der Waals surface area (Å²) in [6.07, 6.45) is -1.23. The zero-order chi connectivity index (χ0) is 20.1. The van der Waals surface area contributed by atoms with Gasteiger partial charge in [0.05, 0.1) is 12.6 Å². The van der Waals surface area contributed by atoms with Crippen molar-refractivity contribution in [1.82, 2.24) is 4.57 Å². The molecule has 1 N–H and O–H groups in total. The first kappa shape index (κ1) is 19.9. The van der Waals surface area contributed by atoms with E-state index in [1.54, 1.807) is 0 Å². The number of methoxy groups -OCH3 is 1. The summed E-state index contributed by atoms with van der Waals surface area (Å²) in [6, 6.07) is 3.42. The quantitative estimate of drug-likeness (QED) is 0.837. The predicted molar refractivity (Wildman–Crippen MR) is 85.0 cm³/mol. The van der Waals surface area contributed by atoms with Crippen LogP contribution in [-0.4, -0.2) is 42.4 Å². The van der Waals surface area contributed by atoms with Crippen LogP contribution in [0, 0.1) is 0 Å². The van der Waals surface area contributed by atoms with Crippen molar-refractivity contribution in [3.8, 4) is 11.6 Å². The Balaban J connectivity index is 2.89. The fourth-order valence-corrected chi connectivity index (χ4v) is 3.24. The molecule has 144 valence electrons. The predicted octanol–water partition coefficient (Wildman–Crippen LogP) is 3.43. The van der Waals surface area contributed by atoms with Gasteiger partial charge in [-0.1, -0.05) is 0 Å². The van der Waals surface area contributed by atoms with E-state index >= 15 is 0 Å². The molecule has 0 atom stereocenters. The van der Waals surface area contributed by atoms with Crippen molar-refractivity contribution in [3.05, 3.63) is 18.2 Å². The van der Waals surface area contributed by atoms with Gasteiger partial charge in [0.25, 0.3) is 9.84 Å². The molecule has 0 spiro atoms. The van der Waals surface area contributed by atoms with E-state index in [1.807, 2.05) is 0 Å². The lowest BCUT2D eigenvalue weighted by molar-refractivity contribution is -0.0436. The number of ether oxygens (including phenoxy) is 2. The lowest BCUT2D eigenvalue weighted by atomic mass is 10.2. The Labute approximate surface area is 146 Å². The van der Waals surface area contributed by atoms with Crippen LogP contribution in [0.1, 0.15) is 20.8 Å². The zero-order valence-electron chi connectivity index (χ0n) is 14.2. The van der Waals surface area contributed by atoms with Crippen LogP contribution in [0.4, 0.5) is 18.0 Å². The third-order valence-corrected chi connectivity index (χ3v) is 4.80. The monoisotopic (exact) mass is 395 g/mol. The number of carbonyl (C=O) groups is 1. The Kier molecular flexibility index (Phi) is 4.65. The van der Waals surface area contributed by atoms with Crippen molar-refractivity contribution < 1.29 is 41.0 Å². The van der Waals surface area contributed by atoms with Crippen LogP contribution in [0.2, 0.25) is 0 Å². The first-order chi connectivity index (χ1) is 11.7. The van der Waals surface area contributed by atoms with E-state index in [9.17, 15) is 31.5 Å². The summed E-state index contributed by atoms with van der Waals surface area (Å²) >= 11 is 0. The molecule has 0 saturated carbocycles. The molecule has 7 nitrogen and oxygen atoms in total. The van der Waals surface area contributed by atoms with Gasteiger partial charge in [0.1, 0.15) is 16.2 Å². The molecule has 1 aromatic carbocycles. The molecule has 0 fully saturated rings. The van der Waals surface area contributed by atoms with Gasteiger partial charge in [-0.3, -0.25) is 0 Å². The molecule has 0 saturated heterocycles. The maximum Gasteiger partial charge on any atom is 0.502 e. The van der Waals surface area contributed by atoms with E-state index in [-0.39, 0.29) is 11.3 Å². The minimum absolute atomic E-state index is 0.0393. The summed E-state index contributed by atoms with van der Waals surface area (Å²) in [5, 5.41) is 9.66. The summed E-state index contributed by atoms with van der Waals surface area (Å²) < 4.78 is 73.2. The van der Waals surface area contributed by atoms with Gasteiger partial charge in [0, 0.05) is 5.39 Å². The van der Waals surface area contributed by atoms with Crippen LogP contribution in [0.15, 0.2) is 23.1 Å². The highest BCUT2D eigenvalue weighted by molar-refractivity contribution is 7.92. The summed E-state index contributed by atoms with van der Waals surface area (Å²) in [7, 11) is -4.72. The molecular formula is C15H16F3NO6S. The Bertz CT molecular complexity index is 970. The van der Waals surface area contributed by atoms with Crippen molar-refractivity contribution in [2.45, 2.75) is 36.8 Å². The number of aromatic hydroxyl groups is 1. The van der Waals surface area contributed by atoms with Crippen molar-refractivity contribution in [2.75, 3.05) is 7.11 Å². The fraction of sp³-hybridized carbons (Fsp3) is 0.400. The van der Waals surface area contributed by atoms with Crippen molar-refractivity contribution in [3.63, 3.8) is 0 Å². The Morgan fingerprint density at radius 1 is 1.19 bits per heavy atom. The molecule has 2 rings (SSSR count). The summed E-state index contributed by atoms with van der Waals surface area (Å²) in [4.78, 5) is 10.9. The highest BCUT2D eigenvalue weighted by atomic mass is 32.2. The van der Waals surface area contributed by atoms with Crippen molar-refractivity contribution >= 4 is 26.8 Å². The first-order valence-electron chi connectivity index (χ1n) is 7.17. The van der Waals surface area contributed by atoms with E-state index in [0.29, 0.717) is 4.57 Å². The smallest absolute Gasteiger partial charge is 0.497 e. The molecule has 0 amide bonds. The number of alkyl halides is 3. The van der Waals surface area contributed by atoms with Gasteiger partial charge in [-0.25, -0.2) is 17.8 Å². The largest absolute Gasteiger partial charge is 0.502 e. The normalized spacial score (nSPS) is 13.0. The number of carbonyl (C=O) groups excluding carboxylic acids is 1. The number of aromatic nitrogens is 1. The highest BCUT2D eigenvalue weighted by Crippen LogP contribution is 2.43. The standard InChI is InChI=1S/C15H16F3NO6S/c1-14(2,3)25-13(21)19-10-6-5-8(24-4)7-9(10)11(12(19)20)26(22,23)15(16,17)18/h5-7,20H,1-4H3. The second kappa shape index (κ2) is 6.08. The molecule has 2 aromatic rings. The Morgan fingerprint density at radius 3 is 2.23 bits per heavy atom. The number of halogens is 3. The number of hydrogen-bond acceptors (Lipinski definition) is 6. The van der Waals surface area contributed by atoms with Crippen LogP contribution in [0.5, 0.6) is 11.6 Å². The molecule has 0 unspecified atom stereocenters. The van der Waals surface area contributed by atoms with Crippen LogP contribution in [-0.2, 0) is 14.6 Å². The Hall–Kier alpha value is -2.43. The molecule has 11 heteroatoms. The number of nitrogens with zero attached hydrogens (tertiary/aromatic N) is 1. The second-order valence-corrected chi connectivity index (χ2v) is 8.18. The van der Waals surface area contributed by atoms with E-state index in [4.69, 9.17) is 9.47 Å². The molecule has 0 radical (unpaired) electrons. The van der Waals surface area contributed by atoms with E-state index in [1.165, 1.54) is 33.9 Å². The maximum atomic E-state index is 13.0. The highest BCUT2D eigenvalue weighted by Gasteiger charge is 2.50. The summed E-state index contributed by atoms with van der Waals surface area (Å²) in [5.41, 5.74) is -6.99. The number of hydrogen-bond donors (Lipinski definition) is 1. The average molecular weight is 395 g/mol. The van der Waals surface area contributed by atoms with Crippen LogP contribution >= 0.6 is 0 Å². The maximum absolute atomic E-state index is 13.0. The molecule has 0 aliphatic heterocycles. The zero-order valence-corrected chi connectivity index (χ0v) is 15.0. The van der Waals surface area contributed by atoms with Crippen LogP contribution in [0.25, 0.3) is 10.9 Å². The van der Waals surface area contributed by atoms with E-state index < -0.39 is 43.2 Å². The fourth-order valence-electron chi connectivity index (χ4n) is 2.23. The second-order valence-electron chi connectivity index (χ2n) is 6.30. The van der Waals surface area contributed by atoms with E-state index in [0.717, 1.165) is 12.1 Å². The van der Waals surface area contributed by atoms with Gasteiger partial charge in [0.2, 0.25) is 5.88 Å². The van der Waals surface area contributed by atoms with Crippen LogP contribution in [0.3, 0.4) is 0 Å². The van der Waals surface area contributed by atoms with Gasteiger partial charge < -0.3 is 14.6 Å². The summed E-state index contributed by atoms with van der Waals surface area (Å²) in [6.45, 7) is 4.51. The van der Waals surface area contributed by atoms with E-state index in [2.05, 4.69) is 0 Å². The van der Waals surface area contributed by atoms with Crippen LogP contribution < -0.4 is 4.74 Å². The first-order valence-corrected chi connectivity index (χ1v) is 8.65. The number of sulfone groups is 1. The molecule has 0 aliphatic carbocycles. The third kappa shape index (κ3) is 3.30. The van der Waals surface area contributed by atoms with Gasteiger partial charge >= 0.3 is 11.6 Å². The van der Waals surface area contributed by atoms with Crippen molar-refractivity contribution in [1.29, 1.82) is 0 Å². The molecule has 26 heavy (non-hydrogen) atoms. The van der Waals surface area contributed by atoms with Gasteiger partial charge in [-0.15, -0.1) is 0 Å². The lowest BCUT2D eigenvalue weighted by Gasteiger charge is -2.20. The molecule has 0 aliphatic rings. The molecular weight excluding hydrogens is 379 g/mol. The number of benzene rings is 1. The SMILES string of the molecule is COc1ccc2c(c1)c(S(=O)(=O)C(F)(F)F)c(O)n2C(=O)OC(C)(C)C. The van der Waals surface area contributed by atoms with Gasteiger partial charge in [0.15, 0.2) is 0 Å². The number of rotatable bonds is 2. The average Bonchev–Trinajstić information content (AvgIpc) is 2.75. The molecule has 1 heterocycles. The number of fused-ring (bicyclic) bond motifs is 1. The van der Waals surface area contributed by atoms with Crippen molar-refractivity contribution in [2.24, 2.45) is 0 Å². The van der Waals surface area contributed by atoms with Gasteiger partial charge in [-0.05, 0) is 39.0 Å². The molecule has 0 bridgehead atoms. The van der Waals surface area contributed by atoms with Gasteiger partial charge in [-0.2, -0.15) is 13.2 Å². The topological polar surface area (TPSA) is 94.8 Å².